The quantitative estimate of drug-likeness (QED) is 0.670. The minimum atomic E-state index is -0.101. The number of hydrogen-bond donors (Lipinski definition) is 1. The van der Waals surface area contributed by atoms with E-state index in [-0.39, 0.29) is 17.2 Å². The number of aryl methyl sites for hydroxylation is 3. The van der Waals surface area contributed by atoms with E-state index in [0.717, 1.165) is 39.6 Å². The van der Waals surface area contributed by atoms with Crippen molar-refractivity contribution in [2.45, 2.75) is 30.3 Å². The van der Waals surface area contributed by atoms with E-state index in [9.17, 15) is 9.59 Å². The molecule has 1 aromatic heterocycles. The van der Waals surface area contributed by atoms with E-state index in [1.807, 2.05) is 32.0 Å². The fraction of sp³-hybridized carbons (Fsp3) is 0.353. The summed E-state index contributed by atoms with van der Waals surface area (Å²) in [5.74, 6) is 1.02. The maximum absolute atomic E-state index is 12.3. The molecule has 24 heavy (non-hydrogen) atoms. The van der Waals surface area contributed by atoms with Gasteiger partial charge in [0.15, 0.2) is 5.16 Å². The molecule has 0 spiro atoms. The maximum atomic E-state index is 12.3. The molecule has 7 heteroatoms. The van der Waals surface area contributed by atoms with E-state index >= 15 is 0 Å². The second kappa shape index (κ2) is 7.03. The number of carbonyl (C=O) groups is 1. The van der Waals surface area contributed by atoms with Crippen molar-refractivity contribution in [2.75, 3.05) is 16.8 Å². The van der Waals surface area contributed by atoms with E-state index in [4.69, 9.17) is 0 Å². The largest absolute Gasteiger partial charge is 0.325 e. The van der Waals surface area contributed by atoms with Crippen molar-refractivity contribution in [3.05, 3.63) is 45.4 Å². The van der Waals surface area contributed by atoms with Crippen LogP contribution in [0.3, 0.4) is 0 Å². The fourth-order valence-corrected chi connectivity index (χ4v) is 4.43. The molecule has 1 N–H and O–H groups in total. The highest BCUT2D eigenvalue weighted by atomic mass is 32.2. The standard InChI is InChI=1S/C17H19N3O2S2/c1-10-4-5-12(11(2)8-10)18-14(21)9-24-17-19-13-6-7-23-15(13)16(22)20(17)3/h4-5,8H,6-7,9H2,1-3H3,(H,18,21). The predicted octanol–water partition coefficient (Wildman–Crippen LogP) is 2.78. The van der Waals surface area contributed by atoms with Gasteiger partial charge in [-0.05, 0) is 25.5 Å². The highest BCUT2D eigenvalue weighted by Crippen LogP contribution is 2.28. The van der Waals surface area contributed by atoms with Crippen LogP contribution in [0.5, 0.6) is 0 Å². The lowest BCUT2D eigenvalue weighted by Gasteiger charge is -2.11. The van der Waals surface area contributed by atoms with Crippen LogP contribution < -0.4 is 10.9 Å². The lowest BCUT2D eigenvalue weighted by molar-refractivity contribution is -0.113. The van der Waals surface area contributed by atoms with E-state index < -0.39 is 0 Å². The van der Waals surface area contributed by atoms with Crippen molar-refractivity contribution < 1.29 is 4.79 Å². The van der Waals surface area contributed by atoms with Crippen LogP contribution >= 0.6 is 23.5 Å². The summed E-state index contributed by atoms with van der Waals surface area (Å²) >= 11 is 2.86. The fourth-order valence-electron chi connectivity index (χ4n) is 2.57. The molecule has 0 saturated carbocycles. The van der Waals surface area contributed by atoms with Crippen molar-refractivity contribution in [2.24, 2.45) is 7.05 Å². The lowest BCUT2D eigenvalue weighted by Crippen LogP contribution is -2.23. The minimum Gasteiger partial charge on any atom is -0.325 e. The topological polar surface area (TPSA) is 64.0 Å². The molecular formula is C17H19N3O2S2. The monoisotopic (exact) mass is 361 g/mol. The third-order valence-electron chi connectivity index (χ3n) is 3.85. The van der Waals surface area contributed by atoms with Gasteiger partial charge < -0.3 is 5.32 Å². The number of anilines is 1. The molecule has 0 saturated heterocycles. The summed E-state index contributed by atoms with van der Waals surface area (Å²) in [5, 5.41) is 3.51. The van der Waals surface area contributed by atoms with Gasteiger partial charge in [0.05, 0.1) is 16.3 Å². The van der Waals surface area contributed by atoms with E-state index in [1.54, 1.807) is 18.8 Å². The zero-order chi connectivity index (χ0) is 17.3. The van der Waals surface area contributed by atoms with Crippen LogP contribution in [-0.4, -0.2) is 27.0 Å². The van der Waals surface area contributed by atoms with Crippen molar-refractivity contribution in [3.63, 3.8) is 0 Å². The van der Waals surface area contributed by atoms with Gasteiger partial charge in [0, 0.05) is 24.9 Å². The van der Waals surface area contributed by atoms with Gasteiger partial charge in [0.1, 0.15) is 0 Å². The first-order valence-corrected chi connectivity index (χ1v) is 9.65. The van der Waals surface area contributed by atoms with Gasteiger partial charge in [-0.15, -0.1) is 11.8 Å². The Balaban J connectivity index is 1.69. The molecule has 0 radical (unpaired) electrons. The smallest absolute Gasteiger partial charge is 0.267 e. The molecule has 0 unspecified atom stereocenters. The number of thioether (sulfide) groups is 2. The normalized spacial score (nSPS) is 13.0. The molecule has 1 aromatic carbocycles. The van der Waals surface area contributed by atoms with Crippen LogP contribution in [0, 0.1) is 13.8 Å². The molecule has 0 bridgehead atoms. The number of fused-ring (bicyclic) bond motifs is 1. The molecule has 0 fully saturated rings. The first kappa shape index (κ1) is 17.1. The summed E-state index contributed by atoms with van der Waals surface area (Å²) in [6, 6.07) is 5.92. The zero-order valence-electron chi connectivity index (χ0n) is 13.9. The molecule has 1 amide bonds. The number of rotatable bonds is 4. The van der Waals surface area contributed by atoms with Gasteiger partial charge in [0.25, 0.3) is 5.56 Å². The average Bonchev–Trinajstić information content (AvgIpc) is 3.01. The Bertz CT molecular complexity index is 862. The molecule has 2 aromatic rings. The Kier molecular flexibility index (Phi) is 5.01. The Hall–Kier alpha value is -1.73. The Morgan fingerprint density at radius 1 is 1.42 bits per heavy atom. The molecule has 3 rings (SSSR count). The lowest BCUT2D eigenvalue weighted by atomic mass is 10.1. The maximum Gasteiger partial charge on any atom is 0.267 e. The Morgan fingerprint density at radius 3 is 2.96 bits per heavy atom. The summed E-state index contributed by atoms with van der Waals surface area (Å²) in [6.45, 7) is 3.99. The van der Waals surface area contributed by atoms with Crippen molar-refractivity contribution >= 4 is 35.1 Å². The Labute approximate surface area is 149 Å². The van der Waals surface area contributed by atoms with Crippen LogP contribution in [0.4, 0.5) is 5.69 Å². The molecule has 126 valence electrons. The van der Waals surface area contributed by atoms with Gasteiger partial charge in [-0.2, -0.15) is 0 Å². The summed E-state index contributed by atoms with van der Waals surface area (Å²) in [7, 11) is 1.71. The zero-order valence-corrected chi connectivity index (χ0v) is 15.5. The van der Waals surface area contributed by atoms with Crippen molar-refractivity contribution in [1.29, 1.82) is 0 Å². The Morgan fingerprint density at radius 2 is 2.21 bits per heavy atom. The number of nitrogens with one attached hydrogen (secondary N) is 1. The molecule has 0 atom stereocenters. The van der Waals surface area contributed by atoms with Crippen LogP contribution in [0.15, 0.2) is 33.0 Å². The summed E-state index contributed by atoms with van der Waals surface area (Å²) < 4.78 is 1.53. The molecule has 5 nitrogen and oxygen atoms in total. The number of carbonyl (C=O) groups excluding carboxylic acids is 1. The summed E-state index contributed by atoms with van der Waals surface area (Å²) in [5.41, 5.74) is 3.86. The van der Waals surface area contributed by atoms with Gasteiger partial charge >= 0.3 is 0 Å². The number of aromatic nitrogens is 2. The molecule has 1 aliphatic heterocycles. The first-order valence-electron chi connectivity index (χ1n) is 7.68. The van der Waals surface area contributed by atoms with Gasteiger partial charge in [-0.3, -0.25) is 14.2 Å². The van der Waals surface area contributed by atoms with Crippen LogP contribution in [0.2, 0.25) is 0 Å². The highest BCUT2D eigenvalue weighted by molar-refractivity contribution is 8.00. The number of amides is 1. The number of benzene rings is 1. The second-order valence-corrected chi connectivity index (χ2v) is 7.84. The number of hydrogen-bond acceptors (Lipinski definition) is 5. The van der Waals surface area contributed by atoms with Crippen molar-refractivity contribution in [3.8, 4) is 0 Å². The van der Waals surface area contributed by atoms with E-state index in [1.165, 1.54) is 16.3 Å². The highest BCUT2D eigenvalue weighted by Gasteiger charge is 2.20. The van der Waals surface area contributed by atoms with Crippen LogP contribution in [-0.2, 0) is 18.3 Å². The number of nitrogens with zero attached hydrogens (tertiary/aromatic N) is 2. The van der Waals surface area contributed by atoms with E-state index in [0.29, 0.717) is 5.16 Å². The molecule has 1 aliphatic rings. The summed E-state index contributed by atoms with van der Waals surface area (Å²) in [4.78, 5) is 29.8. The van der Waals surface area contributed by atoms with E-state index in [2.05, 4.69) is 10.3 Å². The van der Waals surface area contributed by atoms with Crippen LogP contribution in [0.1, 0.15) is 16.8 Å². The van der Waals surface area contributed by atoms with Gasteiger partial charge in [-0.25, -0.2) is 4.98 Å². The third kappa shape index (κ3) is 3.52. The molecular weight excluding hydrogens is 342 g/mol. The second-order valence-electron chi connectivity index (χ2n) is 5.79. The van der Waals surface area contributed by atoms with Gasteiger partial charge in [-0.1, -0.05) is 29.5 Å². The van der Waals surface area contributed by atoms with Crippen LogP contribution in [0.25, 0.3) is 0 Å². The molecule has 0 aliphatic carbocycles. The molecule has 2 heterocycles. The first-order chi connectivity index (χ1) is 11.5. The average molecular weight is 361 g/mol. The van der Waals surface area contributed by atoms with Crippen molar-refractivity contribution in [1.82, 2.24) is 9.55 Å². The SMILES string of the molecule is Cc1ccc(NC(=O)CSc2nc3c(c(=O)n2C)SCC3)c(C)c1. The third-order valence-corrected chi connectivity index (χ3v) is 5.99. The summed E-state index contributed by atoms with van der Waals surface area (Å²) in [6.07, 6.45) is 0.818. The van der Waals surface area contributed by atoms with Gasteiger partial charge in [0.2, 0.25) is 5.91 Å². The predicted molar refractivity (Wildman–Crippen MR) is 99.2 cm³/mol. The minimum absolute atomic E-state index is 0.0141.